The van der Waals surface area contributed by atoms with Crippen LogP contribution in [0.5, 0.6) is 5.75 Å². The van der Waals surface area contributed by atoms with Crippen molar-refractivity contribution in [1.29, 1.82) is 0 Å². The molecule has 2 heterocycles. The standard InChI is InChI=1S/C15H16N2O4/c1-9-4-5-11(13(18)7-9)17-12(14-3-2-6-21-14)8-10(16-17)15(19)20/h4-5,7-8,14,18H,2-3,6H2,1H3,(H,19,20). The summed E-state index contributed by atoms with van der Waals surface area (Å²) >= 11 is 0. The van der Waals surface area contributed by atoms with Crippen molar-refractivity contribution in [3.63, 3.8) is 0 Å². The van der Waals surface area contributed by atoms with Crippen LogP contribution in [0, 0.1) is 6.92 Å². The summed E-state index contributed by atoms with van der Waals surface area (Å²) in [5, 5.41) is 23.3. The highest BCUT2D eigenvalue weighted by Crippen LogP contribution is 2.33. The number of hydrogen-bond acceptors (Lipinski definition) is 4. The number of carboxylic acid groups (broad SMARTS) is 1. The van der Waals surface area contributed by atoms with Crippen molar-refractivity contribution < 1.29 is 19.7 Å². The van der Waals surface area contributed by atoms with Crippen LogP contribution in [0.1, 0.15) is 40.7 Å². The van der Waals surface area contributed by atoms with Gasteiger partial charge < -0.3 is 14.9 Å². The highest BCUT2D eigenvalue weighted by atomic mass is 16.5. The molecular formula is C15H16N2O4. The monoisotopic (exact) mass is 288 g/mol. The third kappa shape index (κ3) is 2.50. The molecule has 6 heteroatoms. The number of hydrogen-bond donors (Lipinski definition) is 2. The molecule has 1 aliphatic rings. The van der Waals surface area contributed by atoms with Gasteiger partial charge in [0.25, 0.3) is 0 Å². The van der Waals surface area contributed by atoms with Crippen molar-refractivity contribution in [1.82, 2.24) is 9.78 Å². The Morgan fingerprint density at radius 3 is 2.86 bits per heavy atom. The van der Waals surface area contributed by atoms with Gasteiger partial charge in [0.1, 0.15) is 11.4 Å². The number of carboxylic acids is 1. The molecule has 21 heavy (non-hydrogen) atoms. The van der Waals surface area contributed by atoms with Gasteiger partial charge in [-0.05, 0) is 43.5 Å². The fourth-order valence-corrected chi connectivity index (χ4v) is 2.55. The first kappa shape index (κ1) is 13.6. The Hall–Kier alpha value is -2.34. The maximum Gasteiger partial charge on any atom is 0.356 e. The van der Waals surface area contributed by atoms with Crippen LogP contribution in [0.2, 0.25) is 0 Å². The number of carbonyl (C=O) groups is 1. The highest BCUT2D eigenvalue weighted by Gasteiger charge is 2.26. The molecule has 3 rings (SSSR count). The summed E-state index contributed by atoms with van der Waals surface area (Å²) in [7, 11) is 0. The molecule has 1 aromatic heterocycles. The third-order valence-electron chi connectivity index (χ3n) is 3.57. The van der Waals surface area contributed by atoms with Gasteiger partial charge in [0.2, 0.25) is 0 Å². The molecular weight excluding hydrogens is 272 g/mol. The first-order valence-corrected chi connectivity index (χ1v) is 6.81. The van der Waals surface area contributed by atoms with Gasteiger partial charge in [0.05, 0.1) is 11.8 Å². The Labute approximate surface area is 121 Å². The number of ether oxygens (including phenoxy) is 1. The van der Waals surface area contributed by atoms with Gasteiger partial charge >= 0.3 is 5.97 Å². The first-order valence-electron chi connectivity index (χ1n) is 6.81. The molecule has 1 aliphatic heterocycles. The van der Waals surface area contributed by atoms with E-state index in [0.29, 0.717) is 18.0 Å². The summed E-state index contributed by atoms with van der Waals surface area (Å²) < 4.78 is 7.09. The predicted molar refractivity (Wildman–Crippen MR) is 74.9 cm³/mol. The van der Waals surface area contributed by atoms with Crippen molar-refractivity contribution in [2.45, 2.75) is 25.9 Å². The number of aromatic carboxylic acids is 1. The number of rotatable bonds is 3. The molecule has 1 aromatic carbocycles. The van der Waals surface area contributed by atoms with Gasteiger partial charge in [0, 0.05) is 6.61 Å². The first-order chi connectivity index (χ1) is 10.1. The Bertz CT molecular complexity index is 687. The second kappa shape index (κ2) is 5.21. The number of aryl methyl sites for hydroxylation is 1. The zero-order chi connectivity index (χ0) is 15.0. The van der Waals surface area contributed by atoms with Crippen molar-refractivity contribution in [2.24, 2.45) is 0 Å². The van der Waals surface area contributed by atoms with Crippen LogP contribution in [0.4, 0.5) is 0 Å². The van der Waals surface area contributed by atoms with Crippen LogP contribution in [-0.4, -0.2) is 32.6 Å². The fraction of sp³-hybridized carbons (Fsp3) is 0.333. The molecule has 0 aliphatic carbocycles. The number of nitrogens with zero attached hydrogens (tertiary/aromatic N) is 2. The van der Waals surface area contributed by atoms with E-state index < -0.39 is 5.97 Å². The summed E-state index contributed by atoms with van der Waals surface area (Å²) in [5.74, 6) is -1.03. The average molecular weight is 288 g/mol. The largest absolute Gasteiger partial charge is 0.506 e. The Kier molecular flexibility index (Phi) is 3.39. The average Bonchev–Trinajstić information content (AvgIpc) is 3.07. The molecule has 0 amide bonds. The fourth-order valence-electron chi connectivity index (χ4n) is 2.55. The number of aromatic hydroxyl groups is 1. The van der Waals surface area contributed by atoms with Gasteiger partial charge in [-0.1, -0.05) is 6.07 Å². The van der Waals surface area contributed by atoms with E-state index in [9.17, 15) is 9.90 Å². The zero-order valence-corrected chi connectivity index (χ0v) is 11.6. The van der Waals surface area contributed by atoms with Crippen molar-refractivity contribution in [3.05, 3.63) is 41.2 Å². The Morgan fingerprint density at radius 2 is 2.24 bits per heavy atom. The number of aromatic nitrogens is 2. The summed E-state index contributed by atoms with van der Waals surface area (Å²) in [6, 6.07) is 6.70. The second-order valence-corrected chi connectivity index (χ2v) is 5.17. The van der Waals surface area contributed by atoms with Crippen molar-refractivity contribution in [2.75, 3.05) is 6.61 Å². The van der Waals surface area contributed by atoms with Crippen molar-refractivity contribution >= 4 is 5.97 Å². The minimum Gasteiger partial charge on any atom is -0.506 e. The topological polar surface area (TPSA) is 84.6 Å². The van der Waals surface area contributed by atoms with E-state index in [4.69, 9.17) is 9.84 Å². The van der Waals surface area contributed by atoms with Crippen LogP contribution in [0.15, 0.2) is 24.3 Å². The Balaban J connectivity index is 2.13. The van der Waals surface area contributed by atoms with E-state index in [-0.39, 0.29) is 17.5 Å². The maximum absolute atomic E-state index is 11.2. The molecule has 2 aromatic rings. The number of phenolic OH excluding ortho intramolecular Hbond substituents is 1. The van der Waals surface area contributed by atoms with Crippen LogP contribution in [0.3, 0.4) is 0 Å². The van der Waals surface area contributed by atoms with Gasteiger partial charge in [-0.25, -0.2) is 9.48 Å². The molecule has 1 atom stereocenters. The summed E-state index contributed by atoms with van der Waals surface area (Å²) in [6.07, 6.45) is 1.56. The summed E-state index contributed by atoms with van der Waals surface area (Å²) in [6.45, 7) is 2.52. The lowest BCUT2D eigenvalue weighted by Crippen LogP contribution is -2.07. The molecule has 0 spiro atoms. The lowest BCUT2D eigenvalue weighted by molar-refractivity contribution is 0.0690. The molecule has 1 fully saturated rings. The molecule has 0 saturated carbocycles. The van der Waals surface area contributed by atoms with E-state index in [2.05, 4.69) is 5.10 Å². The third-order valence-corrected chi connectivity index (χ3v) is 3.57. The summed E-state index contributed by atoms with van der Waals surface area (Å²) in [5.41, 5.74) is 1.98. The van der Waals surface area contributed by atoms with Crippen LogP contribution < -0.4 is 0 Å². The van der Waals surface area contributed by atoms with Crippen LogP contribution >= 0.6 is 0 Å². The van der Waals surface area contributed by atoms with Crippen molar-refractivity contribution in [3.8, 4) is 11.4 Å². The molecule has 6 nitrogen and oxygen atoms in total. The Morgan fingerprint density at radius 1 is 1.43 bits per heavy atom. The number of benzene rings is 1. The lowest BCUT2D eigenvalue weighted by Gasteiger charge is -2.13. The van der Waals surface area contributed by atoms with E-state index in [1.807, 2.05) is 13.0 Å². The van der Waals surface area contributed by atoms with Gasteiger partial charge in [0.15, 0.2) is 5.69 Å². The van der Waals surface area contributed by atoms with Crippen LogP contribution in [0.25, 0.3) is 5.69 Å². The number of phenols is 1. The molecule has 0 bridgehead atoms. The van der Waals surface area contributed by atoms with E-state index >= 15 is 0 Å². The van der Waals surface area contributed by atoms with Gasteiger partial charge in [-0.2, -0.15) is 5.10 Å². The van der Waals surface area contributed by atoms with Crippen LogP contribution in [-0.2, 0) is 4.74 Å². The van der Waals surface area contributed by atoms with Gasteiger partial charge in [-0.3, -0.25) is 0 Å². The molecule has 1 saturated heterocycles. The highest BCUT2D eigenvalue weighted by molar-refractivity contribution is 5.85. The maximum atomic E-state index is 11.2. The molecule has 110 valence electrons. The molecule has 0 radical (unpaired) electrons. The smallest absolute Gasteiger partial charge is 0.356 e. The van der Waals surface area contributed by atoms with E-state index in [1.54, 1.807) is 12.1 Å². The summed E-state index contributed by atoms with van der Waals surface area (Å²) in [4.78, 5) is 11.2. The normalized spacial score (nSPS) is 18.0. The minimum atomic E-state index is -1.10. The zero-order valence-electron chi connectivity index (χ0n) is 11.6. The SMILES string of the molecule is Cc1ccc(-n2nc(C(=O)O)cc2C2CCCO2)c(O)c1. The van der Waals surface area contributed by atoms with Gasteiger partial charge in [-0.15, -0.1) is 0 Å². The lowest BCUT2D eigenvalue weighted by atomic mass is 10.1. The quantitative estimate of drug-likeness (QED) is 0.906. The van der Waals surface area contributed by atoms with E-state index in [0.717, 1.165) is 18.4 Å². The minimum absolute atomic E-state index is 0.0551. The predicted octanol–water partition coefficient (Wildman–Crippen LogP) is 2.44. The molecule has 1 unspecified atom stereocenters. The van der Waals surface area contributed by atoms with E-state index in [1.165, 1.54) is 10.7 Å². The second-order valence-electron chi connectivity index (χ2n) is 5.17. The molecule has 2 N–H and O–H groups in total.